The molecule has 0 unspecified atom stereocenters. The quantitative estimate of drug-likeness (QED) is 0.853. The van der Waals surface area contributed by atoms with Gasteiger partial charge in [0, 0.05) is 18.3 Å². The number of primary amides is 1. The summed E-state index contributed by atoms with van der Waals surface area (Å²) in [5.74, 6) is -0.883. The molecule has 0 heterocycles. The van der Waals surface area contributed by atoms with Crippen LogP contribution in [0.4, 0.5) is 14.9 Å². The summed E-state index contributed by atoms with van der Waals surface area (Å²) in [4.78, 5) is 24.6. The fourth-order valence-corrected chi connectivity index (χ4v) is 1.92. The first-order chi connectivity index (χ1) is 11.5. The number of likely N-dealkylation sites (N-methyl/N-ethyl adjacent to an activating group) is 1. The maximum atomic E-state index is 13.4. The molecule has 6 nitrogen and oxygen atoms in total. The maximum Gasteiger partial charge on any atom is 0.321 e. The minimum atomic E-state index is -0.572. The molecule has 0 bridgehead atoms. The number of benzene rings is 2. The number of rotatable bonds is 6. The van der Waals surface area contributed by atoms with Crippen molar-refractivity contribution in [3.05, 3.63) is 59.9 Å². The molecule has 3 N–H and O–H groups in total. The Morgan fingerprint density at radius 2 is 1.96 bits per heavy atom. The summed E-state index contributed by atoms with van der Waals surface area (Å²) in [6.45, 7) is 0.405. The predicted molar refractivity (Wildman–Crippen MR) is 88.5 cm³/mol. The summed E-state index contributed by atoms with van der Waals surface area (Å²) >= 11 is 0. The molecule has 2 aromatic rings. The molecule has 0 aliphatic heterocycles. The Labute approximate surface area is 139 Å². The van der Waals surface area contributed by atoms with Crippen LogP contribution in [-0.4, -0.2) is 37.0 Å². The Hall–Kier alpha value is -3.09. The Kier molecular flexibility index (Phi) is 5.73. The van der Waals surface area contributed by atoms with Crippen LogP contribution in [0.3, 0.4) is 0 Å². The van der Waals surface area contributed by atoms with Crippen molar-refractivity contribution in [3.63, 3.8) is 0 Å². The lowest BCUT2D eigenvalue weighted by Crippen LogP contribution is -2.34. The number of para-hydroxylation sites is 1. The maximum absolute atomic E-state index is 13.4. The molecule has 7 heteroatoms. The summed E-state index contributed by atoms with van der Waals surface area (Å²) in [6.07, 6.45) is 0. The van der Waals surface area contributed by atoms with Gasteiger partial charge in [0.2, 0.25) is 5.91 Å². The van der Waals surface area contributed by atoms with Crippen LogP contribution in [0.5, 0.6) is 5.75 Å². The van der Waals surface area contributed by atoms with Crippen LogP contribution < -0.4 is 15.8 Å². The third-order valence-corrected chi connectivity index (χ3v) is 3.27. The minimum absolute atomic E-state index is 0.139. The fraction of sp³-hybridized carbons (Fsp3) is 0.176. The van der Waals surface area contributed by atoms with E-state index in [2.05, 4.69) is 5.32 Å². The summed E-state index contributed by atoms with van der Waals surface area (Å²) in [6, 6.07) is 12.0. The number of urea groups is 1. The van der Waals surface area contributed by atoms with Gasteiger partial charge in [0.15, 0.2) is 11.6 Å². The van der Waals surface area contributed by atoms with Crippen molar-refractivity contribution in [1.29, 1.82) is 0 Å². The first-order valence-corrected chi connectivity index (χ1v) is 7.26. The van der Waals surface area contributed by atoms with E-state index in [0.29, 0.717) is 11.3 Å². The summed E-state index contributed by atoms with van der Waals surface area (Å²) in [5.41, 5.74) is 5.96. The largest absolute Gasteiger partial charge is 0.489 e. The van der Waals surface area contributed by atoms with Crippen LogP contribution in [0.2, 0.25) is 0 Å². The number of carbonyl (C=O) groups excluding carboxylic acids is 2. The number of nitrogens with one attached hydrogen (secondary N) is 1. The van der Waals surface area contributed by atoms with Gasteiger partial charge < -0.3 is 20.7 Å². The smallest absolute Gasteiger partial charge is 0.321 e. The van der Waals surface area contributed by atoms with Gasteiger partial charge in [-0.1, -0.05) is 18.2 Å². The molecular formula is C17H18FN3O3. The number of anilines is 1. The highest BCUT2D eigenvalue weighted by atomic mass is 19.1. The standard InChI is InChI=1S/C17H18FN3O3/c1-21(9-10-24-15-8-3-2-7-14(15)18)17(23)20-13-6-4-5-12(11-13)16(19)22/h2-8,11H,9-10H2,1H3,(H2,19,22)(H,20,23). The van der Waals surface area contributed by atoms with E-state index >= 15 is 0 Å². The average molecular weight is 331 g/mol. The zero-order valence-electron chi connectivity index (χ0n) is 13.2. The number of carbonyl (C=O) groups is 2. The average Bonchev–Trinajstić information content (AvgIpc) is 2.56. The van der Waals surface area contributed by atoms with Crippen LogP contribution in [0, 0.1) is 5.82 Å². The van der Waals surface area contributed by atoms with Crippen molar-refractivity contribution in [3.8, 4) is 5.75 Å². The van der Waals surface area contributed by atoms with Crippen molar-refractivity contribution in [2.75, 3.05) is 25.5 Å². The van der Waals surface area contributed by atoms with Crippen LogP contribution >= 0.6 is 0 Å². The van der Waals surface area contributed by atoms with Crippen molar-refractivity contribution < 1.29 is 18.7 Å². The highest BCUT2D eigenvalue weighted by Gasteiger charge is 2.10. The molecule has 0 aliphatic carbocycles. The topological polar surface area (TPSA) is 84.7 Å². The summed E-state index contributed by atoms with van der Waals surface area (Å²) in [5, 5.41) is 2.65. The van der Waals surface area contributed by atoms with Gasteiger partial charge in [0.05, 0.1) is 6.54 Å². The number of hydrogen-bond acceptors (Lipinski definition) is 3. The molecule has 24 heavy (non-hydrogen) atoms. The van der Waals surface area contributed by atoms with E-state index in [4.69, 9.17) is 10.5 Å². The molecule has 0 aliphatic rings. The first-order valence-electron chi connectivity index (χ1n) is 7.26. The monoisotopic (exact) mass is 331 g/mol. The van der Waals surface area contributed by atoms with E-state index in [9.17, 15) is 14.0 Å². The SMILES string of the molecule is CN(CCOc1ccccc1F)C(=O)Nc1cccc(C(N)=O)c1. The van der Waals surface area contributed by atoms with Crippen molar-refractivity contribution >= 4 is 17.6 Å². The lowest BCUT2D eigenvalue weighted by molar-refractivity contribution is 0.1000. The number of halogens is 1. The molecule has 0 spiro atoms. The predicted octanol–water partition coefficient (Wildman–Crippen LogP) is 2.47. The van der Waals surface area contributed by atoms with E-state index in [1.807, 2.05) is 0 Å². The lowest BCUT2D eigenvalue weighted by atomic mass is 10.2. The summed E-state index contributed by atoms with van der Waals surface area (Å²) < 4.78 is 18.7. The van der Waals surface area contributed by atoms with Crippen molar-refractivity contribution in [2.24, 2.45) is 5.73 Å². The molecule has 126 valence electrons. The molecule has 0 atom stereocenters. The molecular weight excluding hydrogens is 313 g/mol. The van der Waals surface area contributed by atoms with Gasteiger partial charge in [0.25, 0.3) is 0 Å². The molecule has 0 aromatic heterocycles. The minimum Gasteiger partial charge on any atom is -0.489 e. The lowest BCUT2D eigenvalue weighted by Gasteiger charge is -2.18. The molecule has 2 aromatic carbocycles. The second-order valence-electron chi connectivity index (χ2n) is 5.08. The zero-order valence-corrected chi connectivity index (χ0v) is 13.2. The molecule has 3 amide bonds. The van der Waals surface area contributed by atoms with Gasteiger partial charge in [-0.3, -0.25) is 4.79 Å². The fourth-order valence-electron chi connectivity index (χ4n) is 1.92. The highest BCUT2D eigenvalue weighted by Crippen LogP contribution is 2.15. The highest BCUT2D eigenvalue weighted by molar-refractivity contribution is 5.95. The van der Waals surface area contributed by atoms with Gasteiger partial charge in [0.1, 0.15) is 6.61 Å². The van der Waals surface area contributed by atoms with Gasteiger partial charge >= 0.3 is 6.03 Å². The Bertz CT molecular complexity index is 737. The van der Waals surface area contributed by atoms with Gasteiger partial charge in [-0.15, -0.1) is 0 Å². The third kappa shape index (κ3) is 4.70. The molecule has 0 saturated heterocycles. The second kappa shape index (κ2) is 7.96. The number of nitrogens with zero attached hydrogens (tertiary/aromatic N) is 1. The van der Waals surface area contributed by atoms with Crippen LogP contribution in [0.15, 0.2) is 48.5 Å². The van der Waals surface area contributed by atoms with Gasteiger partial charge in [-0.05, 0) is 30.3 Å². The number of amides is 3. The number of hydrogen-bond donors (Lipinski definition) is 2. The third-order valence-electron chi connectivity index (χ3n) is 3.27. The zero-order chi connectivity index (χ0) is 17.5. The van der Waals surface area contributed by atoms with E-state index < -0.39 is 11.7 Å². The van der Waals surface area contributed by atoms with E-state index in [0.717, 1.165) is 0 Å². The van der Waals surface area contributed by atoms with Crippen LogP contribution in [0.1, 0.15) is 10.4 Å². The molecule has 0 saturated carbocycles. The van der Waals surface area contributed by atoms with Crippen molar-refractivity contribution in [1.82, 2.24) is 4.90 Å². The van der Waals surface area contributed by atoms with Crippen molar-refractivity contribution in [2.45, 2.75) is 0 Å². The Balaban J connectivity index is 1.85. The Morgan fingerprint density at radius 3 is 2.67 bits per heavy atom. The van der Waals surface area contributed by atoms with Crippen LogP contribution in [0.25, 0.3) is 0 Å². The van der Waals surface area contributed by atoms with E-state index in [1.54, 1.807) is 37.4 Å². The molecule has 2 rings (SSSR count). The summed E-state index contributed by atoms with van der Waals surface area (Å²) in [7, 11) is 1.58. The second-order valence-corrected chi connectivity index (χ2v) is 5.08. The van der Waals surface area contributed by atoms with Gasteiger partial charge in [-0.2, -0.15) is 0 Å². The van der Waals surface area contributed by atoms with Crippen LogP contribution in [-0.2, 0) is 0 Å². The normalized spacial score (nSPS) is 10.1. The van der Waals surface area contributed by atoms with E-state index in [-0.39, 0.29) is 24.9 Å². The molecule has 0 radical (unpaired) electrons. The molecule has 0 fully saturated rings. The number of ether oxygens (including phenoxy) is 1. The Morgan fingerprint density at radius 1 is 1.21 bits per heavy atom. The van der Waals surface area contributed by atoms with Gasteiger partial charge in [-0.25, -0.2) is 9.18 Å². The number of nitrogens with two attached hydrogens (primary N) is 1. The van der Waals surface area contributed by atoms with E-state index in [1.165, 1.54) is 23.1 Å². The first kappa shape index (κ1) is 17.3.